The average Bonchev–Trinajstić information content (AvgIpc) is 2.47. The van der Waals surface area contributed by atoms with Gasteiger partial charge in [0.1, 0.15) is 0 Å². The van der Waals surface area contributed by atoms with Crippen molar-refractivity contribution in [1.82, 2.24) is 10.2 Å². The summed E-state index contributed by atoms with van der Waals surface area (Å²) >= 11 is 0. The summed E-state index contributed by atoms with van der Waals surface area (Å²) in [7, 11) is 0. The molecule has 1 heterocycles. The number of likely N-dealkylation sites (tertiary alicyclic amines) is 1. The van der Waals surface area contributed by atoms with Crippen molar-refractivity contribution in [3.63, 3.8) is 0 Å². The van der Waals surface area contributed by atoms with Gasteiger partial charge in [0.25, 0.3) is 0 Å². The van der Waals surface area contributed by atoms with Crippen LogP contribution in [0.25, 0.3) is 0 Å². The summed E-state index contributed by atoms with van der Waals surface area (Å²) in [4.78, 5) is 13.3. The smallest absolute Gasteiger partial charge is 0.341 e. The highest BCUT2D eigenvalue weighted by molar-refractivity contribution is 5.83. The van der Waals surface area contributed by atoms with Gasteiger partial charge in [-0.2, -0.15) is 13.2 Å². The normalized spacial score (nSPS) is 21.6. The van der Waals surface area contributed by atoms with Crippen molar-refractivity contribution >= 4 is 5.91 Å². The lowest BCUT2D eigenvalue weighted by Gasteiger charge is -2.18. The van der Waals surface area contributed by atoms with Crippen LogP contribution in [0.3, 0.4) is 0 Å². The summed E-state index contributed by atoms with van der Waals surface area (Å²) < 4.78 is 35.9. The van der Waals surface area contributed by atoms with Crippen molar-refractivity contribution in [2.75, 3.05) is 13.1 Å². The molecule has 1 aliphatic rings. The number of rotatable bonds is 5. The molecule has 0 spiro atoms. The number of nitrogens with zero attached hydrogens (tertiary/aromatic N) is 1. The molecule has 6 heteroatoms. The van der Waals surface area contributed by atoms with Crippen LogP contribution >= 0.6 is 0 Å². The number of hydrogen-bond donors (Lipinski definition) is 1. The number of carbonyl (C=O) groups excluding carboxylic acids is 1. The Bertz CT molecular complexity index is 266. The van der Waals surface area contributed by atoms with Crippen LogP contribution < -0.4 is 5.32 Å². The molecule has 1 saturated heterocycles. The molecule has 1 rings (SSSR count). The lowest BCUT2D eigenvalue weighted by Crippen LogP contribution is -2.41. The molecule has 0 aromatic heterocycles. The highest BCUT2D eigenvalue weighted by Crippen LogP contribution is 2.22. The molecular weight excluding hydrogens is 233 g/mol. The maximum atomic E-state index is 12.0. The van der Waals surface area contributed by atoms with E-state index in [1.54, 1.807) is 0 Å². The minimum absolute atomic E-state index is 0.0103. The van der Waals surface area contributed by atoms with E-state index in [0.717, 1.165) is 0 Å². The molecule has 0 bridgehead atoms. The highest BCUT2D eigenvalue weighted by Gasteiger charge is 2.32. The molecule has 100 valence electrons. The molecule has 17 heavy (non-hydrogen) atoms. The number of alkyl halides is 3. The van der Waals surface area contributed by atoms with E-state index in [1.807, 2.05) is 13.8 Å². The first-order chi connectivity index (χ1) is 7.79. The molecule has 0 aliphatic carbocycles. The van der Waals surface area contributed by atoms with Crippen molar-refractivity contribution in [3.8, 4) is 0 Å². The van der Waals surface area contributed by atoms with Gasteiger partial charge in [0.05, 0.1) is 6.04 Å². The lowest BCUT2D eigenvalue weighted by molar-refractivity contribution is -0.139. The van der Waals surface area contributed by atoms with Crippen LogP contribution in [0.15, 0.2) is 0 Å². The maximum Gasteiger partial charge on any atom is 0.389 e. The predicted octanol–water partition coefficient (Wildman–Crippen LogP) is 1.93. The zero-order valence-corrected chi connectivity index (χ0v) is 10.2. The zero-order valence-electron chi connectivity index (χ0n) is 10.2. The number of halogens is 3. The van der Waals surface area contributed by atoms with Crippen molar-refractivity contribution in [2.45, 2.75) is 51.4 Å². The third-order valence-corrected chi connectivity index (χ3v) is 2.72. The van der Waals surface area contributed by atoms with E-state index in [4.69, 9.17) is 0 Å². The molecule has 1 fully saturated rings. The summed E-state index contributed by atoms with van der Waals surface area (Å²) in [6.07, 6.45) is -4.27. The Kier molecular flexibility index (Phi) is 4.80. The summed E-state index contributed by atoms with van der Waals surface area (Å²) in [6.45, 7) is 4.65. The Balaban J connectivity index is 2.30. The van der Waals surface area contributed by atoms with E-state index in [2.05, 4.69) is 5.32 Å². The van der Waals surface area contributed by atoms with Crippen LogP contribution in [0.4, 0.5) is 13.2 Å². The fourth-order valence-electron chi connectivity index (χ4n) is 1.99. The van der Waals surface area contributed by atoms with E-state index in [9.17, 15) is 18.0 Å². The van der Waals surface area contributed by atoms with E-state index in [0.29, 0.717) is 13.0 Å². The Labute approximate surface area is 99.4 Å². The minimum Gasteiger partial charge on any atom is -0.341 e. The van der Waals surface area contributed by atoms with Gasteiger partial charge in [-0.05, 0) is 12.8 Å². The van der Waals surface area contributed by atoms with Gasteiger partial charge in [0, 0.05) is 25.6 Å². The van der Waals surface area contributed by atoms with Gasteiger partial charge in [-0.25, -0.2) is 0 Å². The fraction of sp³-hybridized carbons (Fsp3) is 0.909. The average molecular weight is 252 g/mol. The molecule has 1 unspecified atom stereocenters. The molecule has 3 nitrogen and oxygen atoms in total. The van der Waals surface area contributed by atoms with Crippen LogP contribution in [-0.2, 0) is 4.79 Å². The molecule has 0 saturated carbocycles. The molecular formula is C11H19F3N2O. The molecule has 0 aromatic rings. The number of nitrogens with one attached hydrogen (secondary N) is 1. The number of amides is 1. The molecule has 1 atom stereocenters. The third-order valence-electron chi connectivity index (χ3n) is 2.72. The first-order valence-electron chi connectivity index (χ1n) is 5.91. The first-order valence-corrected chi connectivity index (χ1v) is 5.91. The van der Waals surface area contributed by atoms with Crippen LogP contribution in [0.2, 0.25) is 0 Å². The Morgan fingerprint density at radius 2 is 2.12 bits per heavy atom. The first kappa shape index (κ1) is 14.3. The molecule has 1 amide bonds. The lowest BCUT2D eigenvalue weighted by atomic mass is 10.2. The quantitative estimate of drug-likeness (QED) is 0.811. The number of carbonyl (C=O) groups is 1. The van der Waals surface area contributed by atoms with Gasteiger partial charge in [-0.3, -0.25) is 4.79 Å². The molecule has 1 N–H and O–H groups in total. The summed E-state index contributed by atoms with van der Waals surface area (Å²) in [6, 6.07) is -0.0139. The van der Waals surface area contributed by atoms with Crippen LogP contribution in [-0.4, -0.2) is 42.2 Å². The van der Waals surface area contributed by atoms with E-state index >= 15 is 0 Å². The fourth-order valence-corrected chi connectivity index (χ4v) is 1.99. The Morgan fingerprint density at radius 1 is 1.47 bits per heavy atom. The van der Waals surface area contributed by atoms with Crippen molar-refractivity contribution < 1.29 is 18.0 Å². The minimum atomic E-state index is -4.13. The predicted molar refractivity (Wildman–Crippen MR) is 58.5 cm³/mol. The second-order valence-electron chi connectivity index (χ2n) is 4.71. The van der Waals surface area contributed by atoms with E-state index in [-0.39, 0.29) is 31.0 Å². The second-order valence-corrected chi connectivity index (χ2v) is 4.71. The van der Waals surface area contributed by atoms with Gasteiger partial charge in [-0.15, -0.1) is 0 Å². The highest BCUT2D eigenvalue weighted by atomic mass is 19.4. The van der Waals surface area contributed by atoms with Crippen LogP contribution in [0.1, 0.15) is 33.1 Å². The Morgan fingerprint density at radius 3 is 2.65 bits per heavy atom. The van der Waals surface area contributed by atoms with Crippen molar-refractivity contribution in [3.05, 3.63) is 0 Å². The summed E-state index contributed by atoms with van der Waals surface area (Å²) in [5.74, 6) is -0.0686. The van der Waals surface area contributed by atoms with Crippen molar-refractivity contribution in [1.29, 1.82) is 0 Å². The molecule has 0 radical (unpaired) electrons. The maximum absolute atomic E-state index is 12.0. The monoisotopic (exact) mass is 252 g/mol. The topological polar surface area (TPSA) is 32.3 Å². The Hall–Kier alpha value is -0.780. The molecule has 1 aliphatic heterocycles. The van der Waals surface area contributed by atoms with Gasteiger partial charge in [0.2, 0.25) is 5.91 Å². The third kappa shape index (κ3) is 4.93. The number of hydrogen-bond acceptors (Lipinski definition) is 2. The largest absolute Gasteiger partial charge is 0.389 e. The van der Waals surface area contributed by atoms with Crippen molar-refractivity contribution in [2.24, 2.45) is 0 Å². The van der Waals surface area contributed by atoms with E-state index in [1.165, 1.54) is 4.90 Å². The zero-order chi connectivity index (χ0) is 13.1. The van der Waals surface area contributed by atoms with Gasteiger partial charge < -0.3 is 10.2 Å². The van der Waals surface area contributed by atoms with Gasteiger partial charge >= 0.3 is 6.18 Å². The second kappa shape index (κ2) is 5.71. The van der Waals surface area contributed by atoms with Gasteiger partial charge in [0.15, 0.2) is 0 Å². The van der Waals surface area contributed by atoms with Crippen LogP contribution in [0, 0.1) is 0 Å². The summed E-state index contributed by atoms with van der Waals surface area (Å²) in [5, 5.41) is 3.11. The van der Waals surface area contributed by atoms with Gasteiger partial charge in [-0.1, -0.05) is 13.8 Å². The summed E-state index contributed by atoms with van der Waals surface area (Å²) in [5.41, 5.74) is 0. The standard InChI is InChI=1S/C11H19F3N2O/c1-8(2)15-9-4-7-16(10(9)17)6-3-5-11(12,13)14/h8-9,15H,3-7H2,1-2H3. The SMILES string of the molecule is CC(C)NC1CCN(CCCC(F)(F)F)C1=O. The van der Waals surface area contributed by atoms with Crippen LogP contribution in [0.5, 0.6) is 0 Å². The molecule has 0 aromatic carbocycles. The van der Waals surface area contributed by atoms with E-state index < -0.39 is 12.6 Å².